The van der Waals surface area contributed by atoms with Crippen LogP contribution in [-0.4, -0.2) is 46.1 Å². The summed E-state index contributed by atoms with van der Waals surface area (Å²) < 4.78 is 0. The third-order valence-corrected chi connectivity index (χ3v) is 4.68. The Bertz CT molecular complexity index is 992. The van der Waals surface area contributed by atoms with Gasteiger partial charge in [0.15, 0.2) is 0 Å². The molecular weight excluding hydrogens is 362 g/mol. The van der Waals surface area contributed by atoms with E-state index in [0.717, 1.165) is 54.9 Å². The third kappa shape index (κ3) is 5.14. The molecule has 0 saturated carbocycles. The van der Waals surface area contributed by atoms with Crippen LogP contribution in [0, 0.1) is 13.8 Å². The van der Waals surface area contributed by atoms with Crippen molar-refractivity contribution < 1.29 is 0 Å². The molecule has 1 saturated heterocycles. The topological polar surface area (TPSA) is 78.9 Å². The molecule has 2 N–H and O–H groups in total. The standard InChI is InChI=1S/C22H25N7/c1-16-4-3-5-18(12-16)6-7-19-14-25-21(15-24-19)28-20-13-22(27-17(2)26-20)29-10-8-23-9-11-29/h3-7,12-15,23H,8-11H2,1-2H3,(H,25,26,27,28)/b7-6+. The maximum absolute atomic E-state index is 4.57. The van der Waals surface area contributed by atoms with Gasteiger partial charge in [-0.1, -0.05) is 35.9 Å². The summed E-state index contributed by atoms with van der Waals surface area (Å²) in [5.74, 6) is 3.05. The smallest absolute Gasteiger partial charge is 0.150 e. The first-order valence-corrected chi connectivity index (χ1v) is 9.81. The number of nitrogens with one attached hydrogen (secondary N) is 2. The van der Waals surface area contributed by atoms with Crippen molar-refractivity contribution >= 4 is 29.6 Å². The maximum Gasteiger partial charge on any atom is 0.150 e. The van der Waals surface area contributed by atoms with E-state index in [1.807, 2.05) is 31.2 Å². The average molecular weight is 387 g/mol. The van der Waals surface area contributed by atoms with E-state index in [1.54, 1.807) is 12.4 Å². The summed E-state index contributed by atoms with van der Waals surface area (Å²) in [6.07, 6.45) is 7.47. The van der Waals surface area contributed by atoms with Crippen LogP contribution in [0.1, 0.15) is 22.6 Å². The minimum Gasteiger partial charge on any atom is -0.354 e. The predicted octanol–water partition coefficient (Wildman–Crippen LogP) is 3.21. The molecule has 1 fully saturated rings. The van der Waals surface area contributed by atoms with Crippen LogP contribution in [0.2, 0.25) is 0 Å². The minimum atomic E-state index is 0.655. The van der Waals surface area contributed by atoms with Crippen molar-refractivity contribution in [1.82, 2.24) is 25.3 Å². The van der Waals surface area contributed by atoms with Crippen molar-refractivity contribution in [3.8, 4) is 0 Å². The SMILES string of the molecule is Cc1cccc(/C=C/c2cnc(Nc3cc(N4CCNCC4)nc(C)n3)cn2)c1. The van der Waals surface area contributed by atoms with Crippen molar-refractivity contribution in [2.75, 3.05) is 36.4 Å². The molecule has 1 aliphatic heterocycles. The number of rotatable bonds is 5. The zero-order chi connectivity index (χ0) is 20.1. The van der Waals surface area contributed by atoms with Crippen LogP contribution >= 0.6 is 0 Å². The molecule has 3 aromatic rings. The van der Waals surface area contributed by atoms with Gasteiger partial charge in [-0.25, -0.2) is 15.0 Å². The molecule has 0 amide bonds. The lowest BCUT2D eigenvalue weighted by Crippen LogP contribution is -2.44. The summed E-state index contributed by atoms with van der Waals surface area (Å²) >= 11 is 0. The van der Waals surface area contributed by atoms with Crippen molar-refractivity contribution in [1.29, 1.82) is 0 Å². The van der Waals surface area contributed by atoms with Crippen LogP contribution in [0.3, 0.4) is 0 Å². The molecule has 0 spiro atoms. The number of aromatic nitrogens is 4. The fraction of sp³-hybridized carbons (Fsp3) is 0.273. The first kappa shape index (κ1) is 19.0. The molecule has 3 heterocycles. The molecule has 0 radical (unpaired) electrons. The summed E-state index contributed by atoms with van der Waals surface area (Å²) in [6, 6.07) is 10.3. The molecule has 148 valence electrons. The lowest BCUT2D eigenvalue weighted by Gasteiger charge is -2.28. The van der Waals surface area contributed by atoms with Gasteiger partial charge < -0.3 is 15.5 Å². The molecule has 0 bridgehead atoms. The van der Waals surface area contributed by atoms with Crippen LogP contribution in [0.15, 0.2) is 42.7 Å². The monoisotopic (exact) mass is 387 g/mol. The summed E-state index contributed by atoms with van der Waals surface area (Å²) in [5.41, 5.74) is 3.18. The number of aryl methyl sites for hydroxylation is 2. The molecule has 0 aliphatic carbocycles. The van der Waals surface area contributed by atoms with Crippen LogP contribution in [-0.2, 0) is 0 Å². The molecule has 1 aromatic carbocycles. The highest BCUT2D eigenvalue weighted by molar-refractivity contribution is 5.68. The molecule has 7 nitrogen and oxygen atoms in total. The van der Waals surface area contributed by atoms with Gasteiger partial charge in [0.2, 0.25) is 0 Å². The number of hydrogen-bond donors (Lipinski definition) is 2. The molecule has 29 heavy (non-hydrogen) atoms. The largest absolute Gasteiger partial charge is 0.354 e. The quantitative estimate of drug-likeness (QED) is 0.696. The third-order valence-electron chi connectivity index (χ3n) is 4.68. The second-order valence-electron chi connectivity index (χ2n) is 7.09. The van der Waals surface area contributed by atoms with Crippen molar-refractivity contribution in [3.63, 3.8) is 0 Å². The lowest BCUT2D eigenvalue weighted by molar-refractivity contribution is 0.584. The van der Waals surface area contributed by atoms with E-state index >= 15 is 0 Å². The van der Waals surface area contributed by atoms with Crippen molar-refractivity contribution in [2.45, 2.75) is 13.8 Å². The normalized spacial score (nSPS) is 14.3. The molecule has 0 unspecified atom stereocenters. The van der Waals surface area contributed by atoms with E-state index in [4.69, 9.17) is 0 Å². The number of piperazine rings is 1. The number of nitrogens with zero attached hydrogens (tertiary/aromatic N) is 5. The first-order valence-electron chi connectivity index (χ1n) is 9.81. The highest BCUT2D eigenvalue weighted by Crippen LogP contribution is 2.19. The van der Waals surface area contributed by atoms with E-state index in [0.29, 0.717) is 5.82 Å². The van der Waals surface area contributed by atoms with Gasteiger partial charge in [-0.05, 0) is 25.5 Å². The summed E-state index contributed by atoms with van der Waals surface area (Å²) in [5, 5.41) is 6.60. The van der Waals surface area contributed by atoms with Gasteiger partial charge >= 0.3 is 0 Å². The van der Waals surface area contributed by atoms with Crippen LogP contribution in [0.4, 0.5) is 17.5 Å². The van der Waals surface area contributed by atoms with Gasteiger partial charge in [0, 0.05) is 32.2 Å². The maximum atomic E-state index is 4.57. The Kier molecular flexibility index (Phi) is 5.76. The molecule has 0 atom stereocenters. The Morgan fingerprint density at radius 3 is 2.59 bits per heavy atom. The summed E-state index contributed by atoms with van der Waals surface area (Å²) in [7, 11) is 0. The molecule has 2 aromatic heterocycles. The van der Waals surface area contributed by atoms with Crippen LogP contribution < -0.4 is 15.5 Å². The van der Waals surface area contributed by atoms with Crippen LogP contribution in [0.5, 0.6) is 0 Å². The zero-order valence-corrected chi connectivity index (χ0v) is 16.8. The van der Waals surface area contributed by atoms with Gasteiger partial charge in [-0.2, -0.15) is 0 Å². The lowest BCUT2D eigenvalue weighted by atomic mass is 10.1. The second kappa shape index (κ2) is 8.79. The second-order valence-corrected chi connectivity index (χ2v) is 7.09. The molecule has 1 aliphatic rings. The minimum absolute atomic E-state index is 0.655. The Morgan fingerprint density at radius 2 is 1.83 bits per heavy atom. The Labute approximate surface area is 171 Å². The van der Waals surface area contributed by atoms with Crippen LogP contribution in [0.25, 0.3) is 12.2 Å². The molecule has 7 heteroatoms. The fourth-order valence-electron chi connectivity index (χ4n) is 3.25. The van der Waals surface area contributed by atoms with Gasteiger partial charge in [0.05, 0.1) is 18.1 Å². The average Bonchev–Trinajstić information content (AvgIpc) is 2.74. The predicted molar refractivity (Wildman–Crippen MR) is 117 cm³/mol. The fourth-order valence-corrected chi connectivity index (χ4v) is 3.25. The van der Waals surface area contributed by atoms with E-state index < -0.39 is 0 Å². The number of hydrogen-bond acceptors (Lipinski definition) is 7. The van der Waals surface area contributed by atoms with Crippen molar-refractivity contribution in [2.24, 2.45) is 0 Å². The van der Waals surface area contributed by atoms with Crippen molar-refractivity contribution in [3.05, 3.63) is 65.4 Å². The highest BCUT2D eigenvalue weighted by atomic mass is 15.2. The zero-order valence-electron chi connectivity index (χ0n) is 16.8. The van der Waals surface area contributed by atoms with Gasteiger partial charge in [-0.3, -0.25) is 4.98 Å². The summed E-state index contributed by atoms with van der Waals surface area (Å²) in [4.78, 5) is 20.3. The van der Waals surface area contributed by atoms with Gasteiger partial charge in [0.25, 0.3) is 0 Å². The first-order chi connectivity index (χ1) is 14.2. The molecular formula is C22H25N7. The Balaban J connectivity index is 1.45. The van der Waals surface area contributed by atoms with Gasteiger partial charge in [0.1, 0.15) is 23.3 Å². The number of anilines is 3. The Hall–Kier alpha value is -3.32. The number of benzene rings is 1. The summed E-state index contributed by atoms with van der Waals surface area (Å²) in [6.45, 7) is 7.81. The van der Waals surface area contributed by atoms with E-state index in [9.17, 15) is 0 Å². The van der Waals surface area contributed by atoms with E-state index in [-0.39, 0.29) is 0 Å². The van der Waals surface area contributed by atoms with E-state index in [2.05, 4.69) is 60.6 Å². The molecule has 4 rings (SSSR count). The van der Waals surface area contributed by atoms with E-state index in [1.165, 1.54) is 5.56 Å². The Morgan fingerprint density at radius 1 is 0.966 bits per heavy atom. The van der Waals surface area contributed by atoms with Gasteiger partial charge in [-0.15, -0.1) is 0 Å². The highest BCUT2D eigenvalue weighted by Gasteiger charge is 2.13.